The van der Waals surface area contributed by atoms with Crippen LogP contribution in [-0.4, -0.2) is 42.5 Å². The fourth-order valence-corrected chi connectivity index (χ4v) is 1.50. The number of piperazine rings is 1. The van der Waals surface area contributed by atoms with E-state index < -0.39 is 0 Å². The first kappa shape index (κ1) is 11.5. The number of carbonyl (C=O) groups is 1. The van der Waals surface area contributed by atoms with Crippen LogP contribution in [0.25, 0.3) is 0 Å². The number of nitrogens with one attached hydrogen (secondary N) is 1. The molecule has 0 unspecified atom stereocenters. The van der Waals surface area contributed by atoms with E-state index in [9.17, 15) is 4.79 Å². The first-order chi connectivity index (χ1) is 6.49. The summed E-state index contributed by atoms with van der Waals surface area (Å²) in [5, 5.41) is 3.22. The molecule has 1 heterocycles. The van der Waals surface area contributed by atoms with E-state index in [1.807, 2.05) is 18.7 Å². The molecule has 82 valence electrons. The van der Waals surface area contributed by atoms with Gasteiger partial charge in [0.05, 0.1) is 0 Å². The Kier molecular flexibility index (Phi) is 3.89. The third-order valence-electron chi connectivity index (χ3n) is 2.45. The molecule has 0 spiro atoms. The molecule has 0 aromatic carbocycles. The molecule has 4 nitrogen and oxygen atoms in total. The summed E-state index contributed by atoms with van der Waals surface area (Å²) in [4.78, 5) is 13.6. The van der Waals surface area contributed by atoms with Crippen LogP contribution in [0.3, 0.4) is 0 Å². The van der Waals surface area contributed by atoms with Gasteiger partial charge in [-0.15, -0.1) is 0 Å². The molecule has 0 aromatic heterocycles. The summed E-state index contributed by atoms with van der Waals surface area (Å²) in [7, 11) is 0. The Morgan fingerprint density at radius 2 is 2.00 bits per heavy atom. The van der Waals surface area contributed by atoms with E-state index >= 15 is 0 Å². The summed E-state index contributed by atoms with van der Waals surface area (Å²) < 4.78 is 0. The monoisotopic (exact) mass is 199 g/mol. The van der Waals surface area contributed by atoms with Gasteiger partial charge in [0.1, 0.15) is 0 Å². The molecule has 1 aliphatic rings. The lowest BCUT2D eigenvalue weighted by atomic mass is 9.99. The number of carbonyl (C=O) groups excluding carboxylic acids is 1. The lowest BCUT2D eigenvalue weighted by molar-refractivity contribution is -0.132. The van der Waals surface area contributed by atoms with Crippen LogP contribution >= 0.6 is 0 Å². The summed E-state index contributed by atoms with van der Waals surface area (Å²) in [5.74, 6) is 0.241. The predicted molar refractivity (Wildman–Crippen MR) is 57.0 cm³/mol. The molecule has 1 rings (SSSR count). The van der Waals surface area contributed by atoms with Crippen LogP contribution in [0.5, 0.6) is 0 Å². The zero-order valence-electron chi connectivity index (χ0n) is 9.18. The molecule has 1 saturated heterocycles. The molecule has 3 N–H and O–H groups in total. The Hall–Kier alpha value is -0.610. The molecular formula is C10H21N3O. The summed E-state index contributed by atoms with van der Waals surface area (Å²) in [6, 6.07) is 0. The van der Waals surface area contributed by atoms with Crippen LogP contribution in [0.2, 0.25) is 0 Å². The topological polar surface area (TPSA) is 58.4 Å². The van der Waals surface area contributed by atoms with E-state index in [1.165, 1.54) is 0 Å². The van der Waals surface area contributed by atoms with Crippen molar-refractivity contribution < 1.29 is 4.79 Å². The van der Waals surface area contributed by atoms with Gasteiger partial charge in [0.15, 0.2) is 0 Å². The van der Waals surface area contributed by atoms with Gasteiger partial charge in [-0.2, -0.15) is 0 Å². The molecule has 4 heteroatoms. The minimum Gasteiger partial charge on any atom is -0.340 e. The highest BCUT2D eigenvalue weighted by Crippen LogP contribution is 2.09. The maximum absolute atomic E-state index is 11.7. The average Bonchev–Trinajstić information content (AvgIpc) is 2.14. The van der Waals surface area contributed by atoms with Gasteiger partial charge in [-0.25, -0.2) is 0 Å². The van der Waals surface area contributed by atoms with Crippen LogP contribution < -0.4 is 11.1 Å². The van der Waals surface area contributed by atoms with Gasteiger partial charge in [0.2, 0.25) is 5.91 Å². The summed E-state index contributed by atoms with van der Waals surface area (Å²) in [5.41, 5.74) is 5.60. The first-order valence-corrected chi connectivity index (χ1v) is 5.26. The van der Waals surface area contributed by atoms with Gasteiger partial charge >= 0.3 is 0 Å². The van der Waals surface area contributed by atoms with Crippen molar-refractivity contribution in [2.45, 2.75) is 32.2 Å². The minimum atomic E-state index is -0.232. The number of nitrogens with zero attached hydrogens (tertiary/aromatic N) is 1. The van der Waals surface area contributed by atoms with Crippen molar-refractivity contribution >= 4 is 5.91 Å². The molecule has 1 aliphatic heterocycles. The van der Waals surface area contributed by atoms with Gasteiger partial charge in [-0.1, -0.05) is 0 Å². The molecule has 0 atom stereocenters. The maximum Gasteiger partial charge on any atom is 0.222 e. The molecule has 0 radical (unpaired) electrons. The van der Waals surface area contributed by atoms with E-state index in [1.54, 1.807) is 0 Å². The van der Waals surface area contributed by atoms with Gasteiger partial charge in [-0.3, -0.25) is 4.79 Å². The number of amides is 1. The lowest BCUT2D eigenvalue weighted by Crippen LogP contribution is -2.47. The normalized spacial score (nSPS) is 18.4. The van der Waals surface area contributed by atoms with Crippen LogP contribution in [0, 0.1) is 0 Å². The van der Waals surface area contributed by atoms with Crippen LogP contribution in [0.4, 0.5) is 0 Å². The van der Waals surface area contributed by atoms with Crippen molar-refractivity contribution in [3.05, 3.63) is 0 Å². The van der Waals surface area contributed by atoms with Gasteiger partial charge in [0, 0.05) is 38.1 Å². The second-order valence-corrected chi connectivity index (χ2v) is 4.62. The summed E-state index contributed by atoms with van der Waals surface area (Å²) in [6.45, 7) is 7.42. The van der Waals surface area contributed by atoms with E-state index in [0.717, 1.165) is 32.6 Å². The van der Waals surface area contributed by atoms with Crippen molar-refractivity contribution in [3.8, 4) is 0 Å². The first-order valence-electron chi connectivity index (χ1n) is 5.26. The Morgan fingerprint density at radius 3 is 2.50 bits per heavy atom. The highest BCUT2D eigenvalue weighted by atomic mass is 16.2. The van der Waals surface area contributed by atoms with Crippen LogP contribution in [0.15, 0.2) is 0 Å². The number of rotatable bonds is 3. The summed E-state index contributed by atoms with van der Waals surface area (Å²) >= 11 is 0. The fraction of sp³-hybridized carbons (Fsp3) is 0.900. The third-order valence-corrected chi connectivity index (χ3v) is 2.45. The third kappa shape index (κ3) is 4.07. The van der Waals surface area contributed by atoms with Crippen molar-refractivity contribution in [2.75, 3.05) is 26.2 Å². The number of hydrogen-bond donors (Lipinski definition) is 2. The van der Waals surface area contributed by atoms with Crippen molar-refractivity contribution in [3.63, 3.8) is 0 Å². The second kappa shape index (κ2) is 4.75. The van der Waals surface area contributed by atoms with Gasteiger partial charge < -0.3 is 16.0 Å². The fourth-order valence-electron chi connectivity index (χ4n) is 1.50. The molecule has 1 amide bonds. The predicted octanol–water partition coefficient (Wildman–Crippen LogP) is -0.0643. The molecule has 0 saturated carbocycles. The maximum atomic E-state index is 11.7. The Bertz CT molecular complexity index is 192. The quantitative estimate of drug-likeness (QED) is 0.669. The second-order valence-electron chi connectivity index (χ2n) is 4.62. The van der Waals surface area contributed by atoms with Gasteiger partial charge in [-0.05, 0) is 20.3 Å². The van der Waals surface area contributed by atoms with Crippen molar-refractivity contribution in [1.29, 1.82) is 0 Å². The molecule has 0 aliphatic carbocycles. The molecule has 14 heavy (non-hydrogen) atoms. The van der Waals surface area contributed by atoms with Crippen molar-refractivity contribution in [2.24, 2.45) is 5.73 Å². The van der Waals surface area contributed by atoms with E-state index in [-0.39, 0.29) is 11.4 Å². The summed E-state index contributed by atoms with van der Waals surface area (Å²) in [6.07, 6.45) is 1.33. The largest absolute Gasteiger partial charge is 0.340 e. The molecule has 0 bridgehead atoms. The minimum absolute atomic E-state index is 0.232. The Balaban J connectivity index is 2.27. The van der Waals surface area contributed by atoms with E-state index in [4.69, 9.17) is 5.73 Å². The number of hydrogen-bond acceptors (Lipinski definition) is 3. The Labute approximate surface area is 85.8 Å². The van der Waals surface area contributed by atoms with E-state index in [0.29, 0.717) is 6.42 Å². The zero-order valence-corrected chi connectivity index (χ0v) is 9.18. The molecule has 0 aromatic rings. The lowest BCUT2D eigenvalue weighted by Gasteiger charge is -2.28. The van der Waals surface area contributed by atoms with Crippen LogP contribution in [-0.2, 0) is 4.79 Å². The smallest absolute Gasteiger partial charge is 0.222 e. The van der Waals surface area contributed by atoms with E-state index in [2.05, 4.69) is 5.32 Å². The highest BCUT2D eigenvalue weighted by molar-refractivity contribution is 5.76. The number of nitrogens with two attached hydrogens (primary N) is 1. The van der Waals surface area contributed by atoms with Gasteiger partial charge in [0.25, 0.3) is 0 Å². The van der Waals surface area contributed by atoms with Crippen molar-refractivity contribution in [1.82, 2.24) is 10.2 Å². The highest BCUT2D eigenvalue weighted by Gasteiger charge is 2.19. The van der Waals surface area contributed by atoms with Crippen LogP contribution in [0.1, 0.15) is 26.7 Å². The average molecular weight is 199 g/mol. The molecular weight excluding hydrogens is 178 g/mol. The Morgan fingerprint density at radius 1 is 1.43 bits per heavy atom. The standard InChI is InChI=1S/C10H21N3O/c1-10(2,11)4-3-9(14)13-7-5-12-6-8-13/h12H,3-8,11H2,1-2H3. The zero-order chi connectivity index (χ0) is 10.6. The SMILES string of the molecule is CC(C)(N)CCC(=O)N1CCNCC1. The molecule has 1 fully saturated rings.